The molecule has 1 aliphatic heterocycles. The van der Waals surface area contributed by atoms with Gasteiger partial charge in [-0.15, -0.1) is 0 Å². The molecule has 2 fully saturated rings. The van der Waals surface area contributed by atoms with Gasteiger partial charge in [-0.25, -0.2) is 18.4 Å². The largest absolute Gasteiger partial charge is 0.477 e. The van der Waals surface area contributed by atoms with Gasteiger partial charge in [-0.05, 0) is 50.8 Å². The fourth-order valence-corrected chi connectivity index (χ4v) is 5.80. The van der Waals surface area contributed by atoms with E-state index in [1.165, 1.54) is 19.2 Å². The predicted octanol–water partition coefficient (Wildman–Crippen LogP) is 2.27. The van der Waals surface area contributed by atoms with Crippen LogP contribution >= 0.6 is 0 Å². The fourth-order valence-electron chi connectivity index (χ4n) is 4.05. The quantitative estimate of drug-likeness (QED) is 0.624. The second kappa shape index (κ2) is 7.76. The lowest BCUT2D eigenvalue weighted by atomic mass is 10.2. The zero-order valence-corrected chi connectivity index (χ0v) is 18.5. The molecule has 0 radical (unpaired) electrons. The third-order valence-corrected chi connectivity index (χ3v) is 8.16. The van der Waals surface area contributed by atoms with Crippen molar-refractivity contribution in [3.05, 3.63) is 35.9 Å². The number of rotatable bonds is 6. The van der Waals surface area contributed by atoms with Crippen LogP contribution in [0, 0.1) is 19.8 Å². The molecule has 1 N–H and O–H groups in total. The Bertz CT molecular complexity index is 1190. The van der Waals surface area contributed by atoms with Gasteiger partial charge < -0.3 is 9.64 Å². The summed E-state index contributed by atoms with van der Waals surface area (Å²) in [6, 6.07) is 6.04. The molecule has 0 unspecified atom stereocenters. The third kappa shape index (κ3) is 3.85. The highest BCUT2D eigenvalue weighted by Crippen LogP contribution is 2.32. The number of nitrogens with one attached hydrogen (secondary N) is 1. The lowest BCUT2D eigenvalue weighted by Gasteiger charge is -2.35. The van der Waals surface area contributed by atoms with Crippen LogP contribution in [0.25, 0.3) is 10.9 Å². The molecular weight excluding hydrogens is 416 g/mol. The van der Waals surface area contributed by atoms with Crippen molar-refractivity contribution in [3.8, 4) is 5.88 Å². The highest BCUT2D eigenvalue weighted by molar-refractivity contribution is 7.89. The van der Waals surface area contributed by atoms with Crippen molar-refractivity contribution in [1.82, 2.24) is 24.5 Å². The Labute approximate surface area is 181 Å². The van der Waals surface area contributed by atoms with E-state index in [2.05, 4.69) is 25.1 Å². The number of aromatic amines is 1. The number of nitrogens with zero attached hydrogens (tertiary/aromatic N) is 5. The molecule has 0 amide bonds. The van der Waals surface area contributed by atoms with Crippen molar-refractivity contribution in [3.63, 3.8) is 0 Å². The maximum atomic E-state index is 13.1. The van der Waals surface area contributed by atoms with E-state index in [4.69, 9.17) is 4.74 Å². The van der Waals surface area contributed by atoms with Gasteiger partial charge in [-0.2, -0.15) is 9.40 Å². The zero-order valence-electron chi connectivity index (χ0n) is 17.7. The number of H-pyrrole nitrogens is 1. The number of anilines is 1. The molecule has 2 aromatic heterocycles. The minimum absolute atomic E-state index is 0.293. The molecule has 164 valence electrons. The zero-order chi connectivity index (χ0) is 21.6. The van der Waals surface area contributed by atoms with E-state index in [0.29, 0.717) is 60.9 Å². The summed E-state index contributed by atoms with van der Waals surface area (Å²) in [4.78, 5) is 11.2. The van der Waals surface area contributed by atoms with Crippen LogP contribution < -0.4 is 9.64 Å². The smallest absolute Gasteiger partial charge is 0.246 e. The number of hydrogen-bond acceptors (Lipinski definition) is 7. The van der Waals surface area contributed by atoms with Crippen LogP contribution in [0.5, 0.6) is 5.88 Å². The van der Waals surface area contributed by atoms with Crippen LogP contribution in [0.2, 0.25) is 0 Å². The predicted molar refractivity (Wildman–Crippen MR) is 117 cm³/mol. The van der Waals surface area contributed by atoms with Gasteiger partial charge in [0.1, 0.15) is 11.2 Å². The van der Waals surface area contributed by atoms with E-state index >= 15 is 0 Å². The Morgan fingerprint density at radius 3 is 2.58 bits per heavy atom. The monoisotopic (exact) mass is 442 g/mol. The molecule has 0 bridgehead atoms. The maximum Gasteiger partial charge on any atom is 0.246 e. The molecule has 1 saturated carbocycles. The van der Waals surface area contributed by atoms with Crippen molar-refractivity contribution in [2.75, 3.05) is 37.7 Å². The maximum absolute atomic E-state index is 13.1. The van der Waals surface area contributed by atoms with E-state index in [1.54, 1.807) is 18.2 Å². The summed E-state index contributed by atoms with van der Waals surface area (Å²) in [5, 5.41) is 7.70. The van der Waals surface area contributed by atoms with Crippen LogP contribution in [0.3, 0.4) is 0 Å². The van der Waals surface area contributed by atoms with Crippen LogP contribution in [0.4, 0.5) is 5.69 Å². The molecule has 31 heavy (non-hydrogen) atoms. The number of benzene rings is 1. The Morgan fingerprint density at radius 2 is 1.90 bits per heavy atom. The van der Waals surface area contributed by atoms with Crippen molar-refractivity contribution in [2.45, 2.75) is 31.6 Å². The van der Waals surface area contributed by atoms with E-state index in [0.717, 1.165) is 16.6 Å². The number of sulfonamides is 1. The Balaban J connectivity index is 1.34. The van der Waals surface area contributed by atoms with Gasteiger partial charge >= 0.3 is 0 Å². The van der Waals surface area contributed by atoms with E-state index in [9.17, 15) is 8.42 Å². The number of fused-ring (bicyclic) bond motifs is 1. The number of aryl methyl sites for hydroxylation is 2. The summed E-state index contributed by atoms with van der Waals surface area (Å²) in [6.07, 6.45) is 3.98. The molecule has 0 atom stereocenters. The summed E-state index contributed by atoms with van der Waals surface area (Å²) in [7, 11) is -3.56. The summed E-state index contributed by atoms with van der Waals surface area (Å²) < 4.78 is 33.7. The van der Waals surface area contributed by atoms with Gasteiger partial charge in [-0.3, -0.25) is 5.10 Å². The topological polar surface area (TPSA) is 104 Å². The van der Waals surface area contributed by atoms with Crippen molar-refractivity contribution < 1.29 is 13.2 Å². The lowest BCUT2D eigenvalue weighted by molar-refractivity contribution is 0.292. The van der Waals surface area contributed by atoms with Crippen LogP contribution in [0.15, 0.2) is 29.4 Å². The molecule has 3 aromatic rings. The standard InChI is InChI=1S/C21H26N6O3S/c1-14-20(15(2)25-24-14)31(28,29)27-9-7-26(8-10-27)17-5-6-19-18(11-17)21(23-13-22-19)30-12-16-3-4-16/h5-6,11,13,16H,3-4,7-10,12H2,1-2H3,(H,24,25). The minimum Gasteiger partial charge on any atom is -0.477 e. The van der Waals surface area contributed by atoms with Crippen molar-refractivity contribution >= 4 is 26.6 Å². The minimum atomic E-state index is -3.56. The molecule has 1 aliphatic carbocycles. The molecule has 1 aromatic carbocycles. The van der Waals surface area contributed by atoms with Crippen LogP contribution in [0.1, 0.15) is 24.2 Å². The lowest BCUT2D eigenvalue weighted by Crippen LogP contribution is -2.48. The second-order valence-electron chi connectivity index (χ2n) is 8.29. The number of ether oxygens (including phenoxy) is 1. The first-order valence-electron chi connectivity index (χ1n) is 10.6. The average Bonchev–Trinajstić information content (AvgIpc) is 3.54. The van der Waals surface area contributed by atoms with Crippen LogP contribution in [-0.4, -0.2) is 65.7 Å². The summed E-state index contributed by atoms with van der Waals surface area (Å²) >= 11 is 0. The normalized spacial score (nSPS) is 17.9. The van der Waals surface area contributed by atoms with Gasteiger partial charge in [0.25, 0.3) is 0 Å². The Hall–Kier alpha value is -2.72. The molecule has 0 spiro atoms. The first-order chi connectivity index (χ1) is 14.9. The highest BCUT2D eigenvalue weighted by atomic mass is 32.2. The Morgan fingerprint density at radius 1 is 1.13 bits per heavy atom. The van der Waals surface area contributed by atoms with Crippen LogP contribution in [-0.2, 0) is 10.0 Å². The highest BCUT2D eigenvalue weighted by Gasteiger charge is 2.32. The van der Waals surface area contributed by atoms with Crippen molar-refractivity contribution in [1.29, 1.82) is 0 Å². The number of piperazine rings is 1. The Kier molecular flexibility index (Phi) is 5.05. The molecule has 2 aliphatic rings. The second-order valence-corrected chi connectivity index (χ2v) is 10.2. The van der Waals surface area contributed by atoms with Gasteiger partial charge in [0, 0.05) is 31.9 Å². The van der Waals surface area contributed by atoms with Gasteiger partial charge in [0.05, 0.1) is 28.9 Å². The van der Waals surface area contributed by atoms with E-state index in [-0.39, 0.29) is 0 Å². The molecule has 9 nitrogen and oxygen atoms in total. The van der Waals surface area contributed by atoms with E-state index in [1.807, 2.05) is 18.2 Å². The van der Waals surface area contributed by atoms with Gasteiger partial charge in [0.2, 0.25) is 15.9 Å². The van der Waals surface area contributed by atoms with Crippen molar-refractivity contribution in [2.24, 2.45) is 5.92 Å². The molecule has 5 rings (SSSR count). The third-order valence-electron chi connectivity index (χ3n) is 6.00. The first-order valence-corrected chi connectivity index (χ1v) is 12.0. The average molecular weight is 443 g/mol. The molecule has 1 saturated heterocycles. The summed E-state index contributed by atoms with van der Waals surface area (Å²) in [5.74, 6) is 1.26. The number of hydrogen-bond donors (Lipinski definition) is 1. The fraction of sp³-hybridized carbons (Fsp3) is 0.476. The first kappa shape index (κ1) is 20.2. The molecular formula is C21H26N6O3S. The molecule has 10 heteroatoms. The van der Waals surface area contributed by atoms with Gasteiger partial charge in [-0.1, -0.05) is 0 Å². The summed E-state index contributed by atoms with van der Waals surface area (Å²) in [6.45, 7) is 6.19. The van der Waals surface area contributed by atoms with E-state index < -0.39 is 10.0 Å². The van der Waals surface area contributed by atoms with Gasteiger partial charge in [0.15, 0.2) is 0 Å². The molecule has 3 heterocycles. The number of aromatic nitrogens is 4. The SMILES string of the molecule is Cc1n[nH]c(C)c1S(=O)(=O)N1CCN(c2ccc3ncnc(OCC4CC4)c3c2)CC1. The summed E-state index contributed by atoms with van der Waals surface area (Å²) in [5.41, 5.74) is 2.95.